The Kier molecular flexibility index (Phi) is 7.95. The predicted molar refractivity (Wildman–Crippen MR) is 132 cm³/mol. The molecular weight excluding hydrogens is 414 g/mol. The molecule has 3 N–H and O–H groups in total. The van der Waals surface area contributed by atoms with Crippen LogP contribution in [0.3, 0.4) is 0 Å². The van der Waals surface area contributed by atoms with E-state index in [1.807, 2.05) is 72.8 Å². The number of hydrogen-bond acceptors (Lipinski definition) is 5. The molecule has 3 aromatic rings. The van der Waals surface area contributed by atoms with Gasteiger partial charge < -0.3 is 20.5 Å². The van der Waals surface area contributed by atoms with Gasteiger partial charge in [-0.25, -0.2) is 0 Å². The Hall–Kier alpha value is -3.35. The lowest BCUT2D eigenvalue weighted by atomic mass is 9.97. The van der Waals surface area contributed by atoms with Crippen molar-refractivity contribution in [3.63, 3.8) is 0 Å². The topological polar surface area (TPSA) is 73.8 Å². The van der Waals surface area contributed by atoms with Crippen molar-refractivity contribution >= 4 is 17.3 Å². The fraction of sp³-hybridized carbons (Fsp3) is 0.296. The maximum Gasteiger partial charge on any atom is 0.243 e. The van der Waals surface area contributed by atoms with Gasteiger partial charge in [-0.1, -0.05) is 48.5 Å². The Morgan fingerprint density at radius 2 is 1.58 bits per heavy atom. The first-order chi connectivity index (χ1) is 16.2. The van der Waals surface area contributed by atoms with Crippen molar-refractivity contribution < 1.29 is 14.6 Å². The number of para-hydroxylation sites is 4. The molecule has 1 fully saturated rings. The Morgan fingerprint density at radius 3 is 2.33 bits per heavy atom. The number of aliphatic hydroxyl groups is 1. The molecule has 33 heavy (non-hydrogen) atoms. The minimum Gasteiger partial charge on any atom is -0.455 e. The number of rotatable bonds is 9. The maximum atomic E-state index is 12.7. The van der Waals surface area contributed by atoms with Crippen LogP contribution < -0.4 is 15.4 Å². The SMILES string of the molecule is O=C(CNc1ccccc1CN1CCC(CO)CC1)Nc1ccccc1Oc1ccccc1. The number of piperidine rings is 1. The molecule has 1 amide bonds. The number of benzene rings is 3. The summed E-state index contributed by atoms with van der Waals surface area (Å²) in [5, 5.41) is 15.6. The summed E-state index contributed by atoms with van der Waals surface area (Å²) in [5.41, 5.74) is 2.76. The highest BCUT2D eigenvalue weighted by molar-refractivity contribution is 5.95. The second-order valence-corrected chi connectivity index (χ2v) is 8.37. The number of nitrogens with zero attached hydrogens (tertiary/aromatic N) is 1. The van der Waals surface area contributed by atoms with Gasteiger partial charge in [-0.2, -0.15) is 0 Å². The smallest absolute Gasteiger partial charge is 0.243 e. The summed E-state index contributed by atoms with van der Waals surface area (Å²) in [6, 6.07) is 25.0. The molecule has 0 unspecified atom stereocenters. The highest BCUT2D eigenvalue weighted by Gasteiger charge is 2.19. The fourth-order valence-electron chi connectivity index (χ4n) is 4.04. The van der Waals surface area contributed by atoms with Crippen molar-refractivity contribution in [1.29, 1.82) is 0 Å². The normalized spacial score (nSPS) is 14.6. The number of carbonyl (C=O) groups excluding carboxylic acids is 1. The molecule has 0 aromatic heterocycles. The third-order valence-electron chi connectivity index (χ3n) is 5.95. The van der Waals surface area contributed by atoms with Crippen molar-refractivity contribution in [3.8, 4) is 11.5 Å². The average molecular weight is 446 g/mol. The van der Waals surface area contributed by atoms with Gasteiger partial charge in [0.1, 0.15) is 5.75 Å². The number of aliphatic hydroxyl groups excluding tert-OH is 1. The van der Waals surface area contributed by atoms with E-state index < -0.39 is 0 Å². The lowest BCUT2D eigenvalue weighted by Gasteiger charge is -2.31. The van der Waals surface area contributed by atoms with E-state index in [0.717, 1.165) is 38.2 Å². The van der Waals surface area contributed by atoms with Gasteiger partial charge >= 0.3 is 0 Å². The van der Waals surface area contributed by atoms with Crippen LogP contribution in [0, 0.1) is 5.92 Å². The van der Waals surface area contributed by atoms with Crippen molar-refractivity contribution in [2.24, 2.45) is 5.92 Å². The first-order valence-corrected chi connectivity index (χ1v) is 11.5. The van der Waals surface area contributed by atoms with Crippen molar-refractivity contribution in [2.45, 2.75) is 19.4 Å². The van der Waals surface area contributed by atoms with Crippen LogP contribution in [0.4, 0.5) is 11.4 Å². The molecule has 6 heteroatoms. The second-order valence-electron chi connectivity index (χ2n) is 8.37. The molecule has 4 rings (SSSR count). The Bertz CT molecular complexity index is 1030. The van der Waals surface area contributed by atoms with Gasteiger partial charge in [-0.05, 0) is 67.7 Å². The van der Waals surface area contributed by atoms with E-state index in [0.29, 0.717) is 23.1 Å². The Labute approximate surface area is 195 Å². The Balaban J connectivity index is 1.34. The van der Waals surface area contributed by atoms with E-state index >= 15 is 0 Å². The molecule has 0 saturated carbocycles. The number of anilines is 2. The summed E-state index contributed by atoms with van der Waals surface area (Å²) in [7, 11) is 0. The first kappa shape index (κ1) is 22.8. The summed E-state index contributed by atoms with van der Waals surface area (Å²) in [6.07, 6.45) is 2.05. The molecule has 1 heterocycles. The van der Waals surface area contributed by atoms with E-state index in [4.69, 9.17) is 4.74 Å². The lowest BCUT2D eigenvalue weighted by molar-refractivity contribution is -0.114. The quantitative estimate of drug-likeness (QED) is 0.444. The molecular formula is C27H31N3O3. The third-order valence-corrected chi connectivity index (χ3v) is 5.95. The molecule has 1 aliphatic rings. The minimum atomic E-state index is -0.141. The van der Waals surface area contributed by atoms with Crippen LogP contribution in [0.1, 0.15) is 18.4 Å². The zero-order valence-corrected chi connectivity index (χ0v) is 18.7. The molecule has 0 bridgehead atoms. The van der Waals surface area contributed by atoms with Crippen molar-refractivity contribution in [2.75, 3.05) is 36.9 Å². The highest BCUT2D eigenvalue weighted by Crippen LogP contribution is 2.29. The fourth-order valence-corrected chi connectivity index (χ4v) is 4.04. The molecule has 0 atom stereocenters. The van der Waals surface area contributed by atoms with Crippen LogP contribution in [0.2, 0.25) is 0 Å². The minimum absolute atomic E-state index is 0.141. The number of carbonyl (C=O) groups is 1. The van der Waals surface area contributed by atoms with Gasteiger partial charge in [0.25, 0.3) is 0 Å². The van der Waals surface area contributed by atoms with E-state index in [-0.39, 0.29) is 19.1 Å². The summed E-state index contributed by atoms with van der Waals surface area (Å²) in [4.78, 5) is 15.1. The van der Waals surface area contributed by atoms with Gasteiger partial charge in [0.2, 0.25) is 5.91 Å². The summed E-state index contributed by atoms with van der Waals surface area (Å²) in [6.45, 7) is 3.23. The van der Waals surface area contributed by atoms with Gasteiger partial charge in [-0.3, -0.25) is 9.69 Å². The van der Waals surface area contributed by atoms with E-state index in [9.17, 15) is 9.90 Å². The Morgan fingerprint density at radius 1 is 0.909 bits per heavy atom. The number of ether oxygens (including phenoxy) is 1. The van der Waals surface area contributed by atoms with Crippen LogP contribution in [0.5, 0.6) is 11.5 Å². The zero-order valence-electron chi connectivity index (χ0n) is 18.7. The number of likely N-dealkylation sites (tertiary alicyclic amines) is 1. The highest BCUT2D eigenvalue weighted by atomic mass is 16.5. The number of amides is 1. The molecule has 1 aliphatic heterocycles. The molecule has 3 aromatic carbocycles. The van der Waals surface area contributed by atoms with E-state index in [1.54, 1.807) is 0 Å². The second kappa shape index (κ2) is 11.5. The zero-order chi connectivity index (χ0) is 22.9. The molecule has 0 aliphatic carbocycles. The summed E-state index contributed by atoms with van der Waals surface area (Å²) in [5.74, 6) is 1.60. The van der Waals surface area contributed by atoms with Gasteiger partial charge in [0, 0.05) is 18.8 Å². The maximum absolute atomic E-state index is 12.7. The van der Waals surface area contributed by atoms with Gasteiger partial charge in [0.05, 0.1) is 12.2 Å². The van der Waals surface area contributed by atoms with E-state index in [1.165, 1.54) is 5.56 Å². The molecule has 6 nitrogen and oxygen atoms in total. The molecule has 1 saturated heterocycles. The summed E-state index contributed by atoms with van der Waals surface area (Å²) < 4.78 is 5.94. The van der Waals surface area contributed by atoms with E-state index in [2.05, 4.69) is 21.6 Å². The standard InChI is InChI=1S/C27H31N3O3/c31-20-21-14-16-30(17-15-21)19-22-8-4-5-11-24(22)28-18-27(32)29-25-12-6-7-13-26(25)33-23-9-2-1-3-10-23/h1-13,21,28,31H,14-20H2,(H,29,32). The van der Waals surface area contributed by atoms with Crippen LogP contribution in [0.15, 0.2) is 78.9 Å². The number of nitrogens with one attached hydrogen (secondary N) is 2. The molecule has 172 valence electrons. The third kappa shape index (κ3) is 6.57. The van der Waals surface area contributed by atoms with Crippen LogP contribution in [0.25, 0.3) is 0 Å². The van der Waals surface area contributed by atoms with Crippen molar-refractivity contribution in [3.05, 3.63) is 84.4 Å². The average Bonchev–Trinajstić information content (AvgIpc) is 2.86. The van der Waals surface area contributed by atoms with Crippen molar-refractivity contribution in [1.82, 2.24) is 4.90 Å². The van der Waals surface area contributed by atoms with Gasteiger partial charge in [0.15, 0.2) is 5.75 Å². The molecule has 0 radical (unpaired) electrons. The monoisotopic (exact) mass is 445 g/mol. The largest absolute Gasteiger partial charge is 0.455 e. The first-order valence-electron chi connectivity index (χ1n) is 11.5. The van der Waals surface area contributed by atoms with Crippen LogP contribution >= 0.6 is 0 Å². The van der Waals surface area contributed by atoms with Crippen LogP contribution in [-0.4, -0.2) is 42.2 Å². The number of hydrogen-bond donors (Lipinski definition) is 3. The predicted octanol–water partition coefficient (Wildman–Crippen LogP) is 4.73. The molecule has 0 spiro atoms. The summed E-state index contributed by atoms with van der Waals surface area (Å²) >= 11 is 0. The van der Waals surface area contributed by atoms with Crippen LogP contribution in [-0.2, 0) is 11.3 Å². The lowest BCUT2D eigenvalue weighted by Crippen LogP contribution is -2.34. The van der Waals surface area contributed by atoms with Gasteiger partial charge in [-0.15, -0.1) is 0 Å².